The van der Waals surface area contributed by atoms with E-state index in [2.05, 4.69) is 16.4 Å². The Kier molecular flexibility index (Phi) is 3.74. The van der Waals surface area contributed by atoms with Gasteiger partial charge in [0.1, 0.15) is 11.6 Å². The van der Waals surface area contributed by atoms with Gasteiger partial charge in [-0.15, -0.1) is 0 Å². The fourth-order valence-corrected chi connectivity index (χ4v) is 2.72. The molecule has 0 aliphatic heterocycles. The van der Waals surface area contributed by atoms with Crippen LogP contribution in [-0.2, 0) is 13.0 Å². The molecule has 3 rings (SSSR count). The molecule has 2 nitrogen and oxygen atoms in total. The standard InChI is InChI=1S/C16H16F2N2/c17-13-6-7-14(18)12(9-13)10-20-15-5-1-3-11-4-2-8-19-16(11)15/h2,4,6-9,15,20H,1,3,5,10H2. The molecule has 1 aliphatic carbocycles. The Balaban J connectivity index is 1.75. The highest BCUT2D eigenvalue weighted by Gasteiger charge is 2.20. The van der Waals surface area contributed by atoms with E-state index in [4.69, 9.17) is 0 Å². The lowest BCUT2D eigenvalue weighted by molar-refractivity contribution is 0.441. The van der Waals surface area contributed by atoms with E-state index in [1.807, 2.05) is 6.07 Å². The number of hydrogen-bond donors (Lipinski definition) is 1. The van der Waals surface area contributed by atoms with Gasteiger partial charge in [0.2, 0.25) is 0 Å². The fraction of sp³-hybridized carbons (Fsp3) is 0.312. The number of pyridine rings is 1. The highest BCUT2D eigenvalue weighted by atomic mass is 19.1. The van der Waals surface area contributed by atoms with Gasteiger partial charge < -0.3 is 5.32 Å². The van der Waals surface area contributed by atoms with Crippen LogP contribution in [0.1, 0.15) is 35.7 Å². The second kappa shape index (κ2) is 5.67. The van der Waals surface area contributed by atoms with Crippen molar-refractivity contribution in [2.75, 3.05) is 0 Å². The minimum absolute atomic E-state index is 0.114. The first-order valence-corrected chi connectivity index (χ1v) is 6.85. The largest absolute Gasteiger partial charge is 0.304 e. The van der Waals surface area contributed by atoms with Crippen molar-refractivity contribution in [2.45, 2.75) is 31.8 Å². The van der Waals surface area contributed by atoms with Crippen LogP contribution < -0.4 is 5.32 Å². The first-order chi connectivity index (χ1) is 9.74. The molecule has 0 radical (unpaired) electrons. The number of nitrogens with zero attached hydrogens (tertiary/aromatic N) is 1. The maximum absolute atomic E-state index is 13.6. The summed E-state index contributed by atoms with van der Waals surface area (Å²) in [4.78, 5) is 4.42. The number of aryl methyl sites for hydroxylation is 1. The Labute approximate surface area is 116 Å². The zero-order chi connectivity index (χ0) is 13.9. The monoisotopic (exact) mass is 274 g/mol. The SMILES string of the molecule is Fc1ccc(F)c(CNC2CCCc3cccnc32)c1. The van der Waals surface area contributed by atoms with Crippen LogP contribution in [0.3, 0.4) is 0 Å². The van der Waals surface area contributed by atoms with Crippen molar-refractivity contribution in [3.63, 3.8) is 0 Å². The zero-order valence-electron chi connectivity index (χ0n) is 11.1. The summed E-state index contributed by atoms with van der Waals surface area (Å²) >= 11 is 0. The summed E-state index contributed by atoms with van der Waals surface area (Å²) in [5.41, 5.74) is 2.64. The summed E-state index contributed by atoms with van der Waals surface area (Å²) in [6, 6.07) is 7.68. The van der Waals surface area contributed by atoms with Gasteiger partial charge in [0, 0.05) is 18.3 Å². The lowest BCUT2D eigenvalue weighted by atomic mass is 9.92. The molecule has 104 valence electrons. The molecular formula is C16H16F2N2. The van der Waals surface area contributed by atoms with Gasteiger partial charge in [-0.2, -0.15) is 0 Å². The molecule has 1 aromatic carbocycles. The maximum atomic E-state index is 13.6. The van der Waals surface area contributed by atoms with E-state index in [0.717, 1.165) is 31.0 Å². The number of fused-ring (bicyclic) bond motifs is 1. The molecule has 0 saturated carbocycles. The van der Waals surface area contributed by atoms with E-state index in [9.17, 15) is 8.78 Å². The smallest absolute Gasteiger partial charge is 0.127 e. The van der Waals surface area contributed by atoms with Crippen LogP contribution in [0.25, 0.3) is 0 Å². The van der Waals surface area contributed by atoms with Gasteiger partial charge in [-0.1, -0.05) is 6.07 Å². The molecule has 2 aromatic rings. The predicted octanol–water partition coefficient (Wildman–Crippen LogP) is 3.53. The molecule has 1 aliphatic rings. The fourth-order valence-electron chi connectivity index (χ4n) is 2.72. The van der Waals surface area contributed by atoms with Gasteiger partial charge in [0.15, 0.2) is 0 Å². The summed E-state index contributed by atoms with van der Waals surface area (Å²) in [7, 11) is 0. The topological polar surface area (TPSA) is 24.9 Å². The van der Waals surface area contributed by atoms with Gasteiger partial charge in [-0.25, -0.2) is 8.78 Å². The van der Waals surface area contributed by atoms with Crippen LogP contribution in [0.4, 0.5) is 8.78 Å². The number of hydrogen-bond acceptors (Lipinski definition) is 2. The summed E-state index contributed by atoms with van der Waals surface area (Å²) in [5.74, 6) is -0.790. The molecule has 0 spiro atoms. The first-order valence-electron chi connectivity index (χ1n) is 6.85. The molecule has 1 unspecified atom stereocenters. The van der Waals surface area contributed by atoms with E-state index in [1.165, 1.54) is 17.7 Å². The van der Waals surface area contributed by atoms with Crippen LogP contribution in [0.5, 0.6) is 0 Å². The summed E-state index contributed by atoms with van der Waals surface area (Å²) in [6.45, 7) is 0.310. The lowest BCUT2D eigenvalue weighted by Gasteiger charge is -2.25. The first kappa shape index (κ1) is 13.2. The molecule has 1 aromatic heterocycles. The third-order valence-corrected chi connectivity index (χ3v) is 3.74. The van der Waals surface area contributed by atoms with E-state index in [0.29, 0.717) is 12.1 Å². The molecule has 20 heavy (non-hydrogen) atoms. The third-order valence-electron chi connectivity index (χ3n) is 3.74. The van der Waals surface area contributed by atoms with Gasteiger partial charge in [0.25, 0.3) is 0 Å². The molecule has 1 N–H and O–H groups in total. The Bertz CT molecular complexity index is 613. The molecule has 1 atom stereocenters. The number of rotatable bonds is 3. The molecule has 0 saturated heterocycles. The summed E-state index contributed by atoms with van der Waals surface area (Å²) in [6.07, 6.45) is 4.88. The van der Waals surface area contributed by atoms with E-state index < -0.39 is 5.82 Å². The van der Waals surface area contributed by atoms with Crippen LogP contribution in [0.2, 0.25) is 0 Å². The van der Waals surface area contributed by atoms with Crippen molar-refractivity contribution in [2.24, 2.45) is 0 Å². The van der Waals surface area contributed by atoms with Gasteiger partial charge in [-0.3, -0.25) is 4.98 Å². The van der Waals surface area contributed by atoms with Crippen LogP contribution in [0.15, 0.2) is 36.5 Å². The quantitative estimate of drug-likeness (QED) is 0.926. The van der Waals surface area contributed by atoms with Crippen molar-refractivity contribution in [1.82, 2.24) is 10.3 Å². The Morgan fingerprint density at radius 1 is 1.25 bits per heavy atom. The van der Waals surface area contributed by atoms with E-state index in [1.54, 1.807) is 6.20 Å². The van der Waals surface area contributed by atoms with Gasteiger partial charge in [0.05, 0.1) is 11.7 Å². The van der Waals surface area contributed by atoms with Crippen LogP contribution >= 0.6 is 0 Å². The number of halogens is 2. The van der Waals surface area contributed by atoms with Crippen molar-refractivity contribution in [3.05, 3.63) is 65.0 Å². The van der Waals surface area contributed by atoms with Crippen molar-refractivity contribution >= 4 is 0 Å². The van der Waals surface area contributed by atoms with Gasteiger partial charge in [-0.05, 0) is 49.1 Å². The predicted molar refractivity (Wildman–Crippen MR) is 73.1 cm³/mol. The normalized spacial score (nSPS) is 17.8. The molecule has 1 heterocycles. The molecule has 0 bridgehead atoms. The lowest BCUT2D eigenvalue weighted by Crippen LogP contribution is -2.26. The maximum Gasteiger partial charge on any atom is 0.127 e. The summed E-state index contributed by atoms with van der Waals surface area (Å²) < 4.78 is 26.7. The average molecular weight is 274 g/mol. The van der Waals surface area contributed by atoms with E-state index in [-0.39, 0.29) is 11.9 Å². The van der Waals surface area contributed by atoms with E-state index >= 15 is 0 Å². The Morgan fingerprint density at radius 3 is 3.05 bits per heavy atom. The molecule has 4 heteroatoms. The third kappa shape index (κ3) is 2.70. The summed E-state index contributed by atoms with van der Waals surface area (Å²) in [5, 5.41) is 3.29. The molecule has 0 fully saturated rings. The second-order valence-electron chi connectivity index (χ2n) is 5.11. The minimum atomic E-state index is -0.412. The number of benzene rings is 1. The number of aromatic nitrogens is 1. The average Bonchev–Trinajstić information content (AvgIpc) is 2.48. The number of nitrogens with one attached hydrogen (secondary N) is 1. The highest BCUT2D eigenvalue weighted by molar-refractivity contribution is 5.26. The highest BCUT2D eigenvalue weighted by Crippen LogP contribution is 2.28. The van der Waals surface area contributed by atoms with Crippen molar-refractivity contribution in [3.8, 4) is 0 Å². The van der Waals surface area contributed by atoms with Crippen LogP contribution in [-0.4, -0.2) is 4.98 Å². The van der Waals surface area contributed by atoms with Gasteiger partial charge >= 0.3 is 0 Å². The zero-order valence-corrected chi connectivity index (χ0v) is 11.1. The Morgan fingerprint density at radius 2 is 2.15 bits per heavy atom. The second-order valence-corrected chi connectivity index (χ2v) is 5.11. The molecular weight excluding hydrogens is 258 g/mol. The minimum Gasteiger partial charge on any atom is -0.304 e. The Hall–Kier alpha value is -1.81. The molecule has 0 amide bonds. The van der Waals surface area contributed by atoms with Crippen molar-refractivity contribution in [1.29, 1.82) is 0 Å². The van der Waals surface area contributed by atoms with Crippen molar-refractivity contribution < 1.29 is 8.78 Å². The van der Waals surface area contributed by atoms with Crippen LogP contribution in [0, 0.1) is 11.6 Å².